The van der Waals surface area contributed by atoms with E-state index in [0.29, 0.717) is 50.4 Å². The van der Waals surface area contributed by atoms with Crippen LogP contribution in [0.3, 0.4) is 0 Å². The van der Waals surface area contributed by atoms with Gasteiger partial charge in [0.2, 0.25) is 0 Å². The molecule has 5 aromatic rings. The third kappa shape index (κ3) is 4.84. The number of carboxylic acids is 1. The summed E-state index contributed by atoms with van der Waals surface area (Å²) in [6.45, 7) is 3.36. The van der Waals surface area contributed by atoms with Crippen molar-refractivity contribution in [1.29, 1.82) is 0 Å². The second-order valence-corrected chi connectivity index (χ2v) is 10.1. The fraction of sp³-hybridized carbons (Fsp3) is 0.179. The van der Waals surface area contributed by atoms with Crippen LogP contribution in [0.2, 0.25) is 5.02 Å². The van der Waals surface area contributed by atoms with Gasteiger partial charge in [-0.05, 0) is 48.6 Å². The highest BCUT2D eigenvalue weighted by atomic mass is 35.5. The lowest BCUT2D eigenvalue weighted by Crippen LogP contribution is -2.29. The summed E-state index contributed by atoms with van der Waals surface area (Å²) in [6, 6.07) is 16.0. The highest BCUT2D eigenvalue weighted by molar-refractivity contribution is 7.13. The van der Waals surface area contributed by atoms with Crippen molar-refractivity contribution in [3.05, 3.63) is 99.0 Å². The number of aromatic nitrogens is 4. The molecule has 198 valence electrons. The molecule has 3 heterocycles. The van der Waals surface area contributed by atoms with E-state index in [4.69, 9.17) is 11.6 Å². The summed E-state index contributed by atoms with van der Waals surface area (Å²) >= 11 is 7.63. The molecule has 2 aromatic carbocycles. The van der Waals surface area contributed by atoms with Gasteiger partial charge in [0.15, 0.2) is 11.6 Å². The van der Waals surface area contributed by atoms with E-state index in [0.717, 1.165) is 10.9 Å². The summed E-state index contributed by atoms with van der Waals surface area (Å²) in [5.74, 6) is -0.725. The van der Waals surface area contributed by atoms with Gasteiger partial charge >= 0.3 is 5.97 Å². The number of hydrogen-bond donors (Lipinski definition) is 2. The first-order valence-electron chi connectivity index (χ1n) is 12.2. The molecule has 0 fully saturated rings. The third-order valence-corrected chi connectivity index (χ3v) is 7.68. The lowest BCUT2D eigenvalue weighted by atomic mass is 10.1. The molecular formula is C28H24ClN5O4S. The molecule has 0 saturated heterocycles. The van der Waals surface area contributed by atoms with Crippen molar-refractivity contribution in [2.45, 2.75) is 33.4 Å². The molecule has 0 radical (unpaired) electrons. The predicted molar refractivity (Wildman–Crippen MR) is 149 cm³/mol. The fourth-order valence-electron chi connectivity index (χ4n) is 4.76. The van der Waals surface area contributed by atoms with Crippen LogP contribution < -0.4 is 5.32 Å². The van der Waals surface area contributed by atoms with Crippen molar-refractivity contribution in [3.63, 3.8) is 0 Å². The van der Waals surface area contributed by atoms with Crippen molar-refractivity contribution in [2.75, 3.05) is 0 Å². The van der Waals surface area contributed by atoms with Gasteiger partial charge in [-0.1, -0.05) is 48.9 Å². The SMILES string of the molecule is CCc1c(C(=O)NCc2nnc(C)n2-c2sccc2C(=O)c2ccccc2Cl)n(CC(=O)O)c2ccccc12. The van der Waals surface area contributed by atoms with E-state index < -0.39 is 11.9 Å². The molecule has 3 aromatic heterocycles. The highest BCUT2D eigenvalue weighted by Crippen LogP contribution is 2.30. The van der Waals surface area contributed by atoms with Gasteiger partial charge in [-0.3, -0.25) is 19.0 Å². The van der Waals surface area contributed by atoms with Crippen molar-refractivity contribution >= 4 is 51.5 Å². The normalized spacial score (nSPS) is 11.2. The van der Waals surface area contributed by atoms with Crippen LogP contribution in [0.15, 0.2) is 60.0 Å². The van der Waals surface area contributed by atoms with Crippen LogP contribution in [0.4, 0.5) is 0 Å². The van der Waals surface area contributed by atoms with Crippen molar-refractivity contribution < 1.29 is 19.5 Å². The summed E-state index contributed by atoms with van der Waals surface area (Å²) in [5.41, 5.74) is 2.58. The van der Waals surface area contributed by atoms with Crippen LogP contribution >= 0.6 is 22.9 Å². The lowest BCUT2D eigenvalue weighted by molar-refractivity contribution is -0.137. The second kappa shape index (κ2) is 10.8. The Labute approximate surface area is 232 Å². The smallest absolute Gasteiger partial charge is 0.323 e. The summed E-state index contributed by atoms with van der Waals surface area (Å²) in [4.78, 5) is 38.5. The molecule has 5 rings (SSSR count). The Morgan fingerprint density at radius 3 is 2.51 bits per heavy atom. The van der Waals surface area contributed by atoms with Crippen molar-refractivity contribution in [1.82, 2.24) is 24.6 Å². The molecule has 2 N–H and O–H groups in total. The zero-order valence-electron chi connectivity index (χ0n) is 21.1. The number of fused-ring (bicyclic) bond motifs is 1. The standard InChI is InChI=1S/C28H24ClN5O4S/c1-3-17-18-8-5-7-11-22(18)33(15-24(35)36)25(17)27(38)30-14-23-32-31-16(2)34(23)28-20(12-13-39-28)26(37)19-9-4-6-10-21(19)29/h4-13H,3,14-15H2,1-2H3,(H,30,38)(H,35,36). The van der Waals surface area contributed by atoms with Crippen LogP contribution in [0.25, 0.3) is 15.9 Å². The molecule has 0 aliphatic heterocycles. The molecule has 0 aliphatic carbocycles. The van der Waals surface area contributed by atoms with E-state index in [1.165, 1.54) is 15.9 Å². The molecule has 0 unspecified atom stereocenters. The molecule has 1 amide bonds. The van der Waals surface area contributed by atoms with Gasteiger partial charge in [0.1, 0.15) is 23.1 Å². The van der Waals surface area contributed by atoms with Crippen molar-refractivity contribution in [2.24, 2.45) is 0 Å². The molecule has 39 heavy (non-hydrogen) atoms. The van der Waals surface area contributed by atoms with Gasteiger partial charge in [-0.25, -0.2) is 0 Å². The number of rotatable bonds is 9. The number of aryl methyl sites for hydroxylation is 2. The third-order valence-electron chi connectivity index (χ3n) is 6.45. The van der Waals surface area contributed by atoms with E-state index in [-0.39, 0.29) is 18.9 Å². The lowest BCUT2D eigenvalue weighted by Gasteiger charge is -2.12. The van der Waals surface area contributed by atoms with Gasteiger partial charge in [0, 0.05) is 16.5 Å². The van der Waals surface area contributed by atoms with Gasteiger partial charge < -0.3 is 15.0 Å². The Hall–Kier alpha value is -4.28. The van der Waals surface area contributed by atoms with Gasteiger partial charge in [0.25, 0.3) is 5.91 Å². The fourth-order valence-corrected chi connectivity index (χ4v) is 5.94. The summed E-state index contributed by atoms with van der Waals surface area (Å²) in [5, 5.41) is 24.5. The number of para-hydroxylation sites is 1. The minimum absolute atomic E-state index is 0.00898. The largest absolute Gasteiger partial charge is 0.480 e. The molecular weight excluding hydrogens is 538 g/mol. The number of carbonyl (C=O) groups excluding carboxylic acids is 2. The van der Waals surface area contributed by atoms with Gasteiger partial charge in [0.05, 0.1) is 17.1 Å². The summed E-state index contributed by atoms with van der Waals surface area (Å²) in [6.07, 6.45) is 0.549. The molecule has 0 saturated carbocycles. The molecule has 0 spiro atoms. The average molecular weight is 562 g/mol. The van der Waals surface area contributed by atoms with Crippen LogP contribution in [0, 0.1) is 6.92 Å². The number of nitrogens with zero attached hydrogens (tertiary/aromatic N) is 4. The molecule has 0 atom stereocenters. The Balaban J connectivity index is 1.48. The number of ketones is 1. The number of benzene rings is 2. The Morgan fingerprint density at radius 1 is 1.03 bits per heavy atom. The van der Waals surface area contributed by atoms with Crippen LogP contribution in [0.1, 0.15) is 50.5 Å². The minimum Gasteiger partial charge on any atom is -0.480 e. The van der Waals surface area contributed by atoms with E-state index >= 15 is 0 Å². The van der Waals surface area contributed by atoms with E-state index in [2.05, 4.69) is 15.5 Å². The molecule has 0 aliphatic rings. The Kier molecular flexibility index (Phi) is 7.32. The van der Waals surface area contributed by atoms with Gasteiger partial charge in [-0.2, -0.15) is 0 Å². The first kappa shape index (κ1) is 26.3. The number of amides is 1. The zero-order valence-corrected chi connectivity index (χ0v) is 22.7. The number of halogens is 1. The number of aliphatic carboxylic acids is 1. The number of hydrogen-bond acceptors (Lipinski definition) is 6. The topological polar surface area (TPSA) is 119 Å². The molecule has 0 bridgehead atoms. The first-order valence-corrected chi connectivity index (χ1v) is 13.5. The first-order chi connectivity index (χ1) is 18.8. The number of thiophene rings is 1. The molecule has 11 heteroatoms. The highest BCUT2D eigenvalue weighted by Gasteiger charge is 2.25. The number of nitrogens with one attached hydrogen (secondary N) is 1. The van der Waals surface area contributed by atoms with E-state index in [1.54, 1.807) is 47.2 Å². The minimum atomic E-state index is -1.05. The summed E-state index contributed by atoms with van der Waals surface area (Å²) in [7, 11) is 0. The Bertz CT molecular complexity index is 1730. The van der Waals surface area contributed by atoms with Crippen molar-refractivity contribution in [3.8, 4) is 5.00 Å². The molecule has 9 nitrogen and oxygen atoms in total. The Morgan fingerprint density at radius 2 is 1.77 bits per heavy atom. The van der Waals surface area contributed by atoms with Crippen LogP contribution in [-0.2, 0) is 24.3 Å². The van der Waals surface area contributed by atoms with E-state index in [1.807, 2.05) is 31.2 Å². The quantitative estimate of drug-likeness (QED) is 0.243. The summed E-state index contributed by atoms with van der Waals surface area (Å²) < 4.78 is 3.27. The van der Waals surface area contributed by atoms with E-state index in [9.17, 15) is 19.5 Å². The predicted octanol–water partition coefficient (Wildman–Crippen LogP) is 5.05. The maximum Gasteiger partial charge on any atom is 0.323 e. The monoisotopic (exact) mass is 561 g/mol. The number of carbonyl (C=O) groups is 3. The average Bonchev–Trinajstić information content (AvgIpc) is 3.62. The zero-order chi connectivity index (χ0) is 27.7. The second-order valence-electron chi connectivity index (χ2n) is 8.81. The number of carboxylic acid groups (broad SMARTS) is 1. The van der Waals surface area contributed by atoms with Crippen LogP contribution in [-0.4, -0.2) is 42.1 Å². The van der Waals surface area contributed by atoms with Crippen LogP contribution in [0.5, 0.6) is 0 Å². The van der Waals surface area contributed by atoms with Gasteiger partial charge in [-0.15, -0.1) is 21.5 Å². The maximum atomic E-state index is 13.5. The maximum absolute atomic E-state index is 13.5.